The van der Waals surface area contributed by atoms with Gasteiger partial charge in [-0.1, -0.05) is 12.1 Å². The maximum absolute atomic E-state index is 13.3. The van der Waals surface area contributed by atoms with Crippen LogP contribution in [0, 0.1) is 19.7 Å². The molecule has 5 heteroatoms. The molecule has 3 rings (SSSR count). The first kappa shape index (κ1) is 17.1. The summed E-state index contributed by atoms with van der Waals surface area (Å²) in [5, 5.41) is 13.7. The number of hydrogen-bond acceptors (Lipinski definition) is 3. The van der Waals surface area contributed by atoms with E-state index in [2.05, 4.69) is 16.9 Å². The summed E-state index contributed by atoms with van der Waals surface area (Å²) >= 11 is 0. The monoisotopic (exact) mass is 331 g/mol. The molecule has 0 spiro atoms. The number of benzene rings is 1. The quantitative estimate of drug-likeness (QED) is 0.809. The molecule has 0 aliphatic heterocycles. The number of aliphatic hydroxyl groups is 1. The Morgan fingerprint density at radius 1 is 1.33 bits per heavy atom. The van der Waals surface area contributed by atoms with Crippen molar-refractivity contribution in [3.8, 4) is 0 Å². The van der Waals surface area contributed by atoms with Gasteiger partial charge in [-0.3, -0.25) is 9.58 Å². The lowest BCUT2D eigenvalue weighted by Crippen LogP contribution is -2.28. The lowest BCUT2D eigenvalue weighted by Gasteiger charge is -2.22. The highest BCUT2D eigenvalue weighted by atomic mass is 19.1. The molecule has 130 valence electrons. The van der Waals surface area contributed by atoms with E-state index >= 15 is 0 Å². The van der Waals surface area contributed by atoms with Gasteiger partial charge in [0.05, 0.1) is 18.8 Å². The molecule has 0 amide bonds. The van der Waals surface area contributed by atoms with Gasteiger partial charge in [-0.05, 0) is 50.8 Å². The highest BCUT2D eigenvalue weighted by Gasteiger charge is 2.30. The molecule has 1 saturated carbocycles. The van der Waals surface area contributed by atoms with Crippen LogP contribution in [-0.4, -0.2) is 39.0 Å². The summed E-state index contributed by atoms with van der Waals surface area (Å²) in [5.41, 5.74) is 4.48. The van der Waals surface area contributed by atoms with E-state index in [0.29, 0.717) is 12.6 Å². The molecule has 1 aliphatic rings. The van der Waals surface area contributed by atoms with Crippen LogP contribution < -0.4 is 0 Å². The van der Waals surface area contributed by atoms with Crippen molar-refractivity contribution in [3.05, 3.63) is 52.6 Å². The zero-order valence-corrected chi connectivity index (χ0v) is 14.5. The smallest absolute Gasteiger partial charge is 0.123 e. The predicted octanol–water partition coefficient (Wildman–Crippen LogP) is 2.84. The van der Waals surface area contributed by atoms with E-state index in [0.717, 1.165) is 36.5 Å². The van der Waals surface area contributed by atoms with Crippen LogP contribution in [0.25, 0.3) is 0 Å². The number of aromatic nitrogens is 2. The largest absolute Gasteiger partial charge is 0.394 e. The molecule has 1 aliphatic carbocycles. The molecule has 0 bridgehead atoms. The average Bonchev–Trinajstić information content (AvgIpc) is 3.35. The maximum atomic E-state index is 13.3. The van der Waals surface area contributed by atoms with Crippen molar-refractivity contribution in [1.82, 2.24) is 14.7 Å². The first-order valence-electron chi connectivity index (χ1n) is 8.70. The highest BCUT2D eigenvalue weighted by Crippen LogP contribution is 2.29. The van der Waals surface area contributed by atoms with Gasteiger partial charge in [0.2, 0.25) is 0 Å². The van der Waals surface area contributed by atoms with Crippen LogP contribution in [0.4, 0.5) is 4.39 Å². The Morgan fingerprint density at radius 3 is 2.79 bits per heavy atom. The van der Waals surface area contributed by atoms with Crippen molar-refractivity contribution in [2.75, 3.05) is 13.2 Å². The molecule has 1 aromatic carbocycles. The second-order valence-corrected chi connectivity index (χ2v) is 6.68. The molecule has 1 fully saturated rings. The summed E-state index contributed by atoms with van der Waals surface area (Å²) in [5.74, 6) is -0.164. The first-order valence-corrected chi connectivity index (χ1v) is 8.70. The second kappa shape index (κ2) is 7.45. The zero-order chi connectivity index (χ0) is 17.1. The fourth-order valence-corrected chi connectivity index (χ4v) is 3.27. The van der Waals surface area contributed by atoms with Crippen molar-refractivity contribution in [3.63, 3.8) is 0 Å². The number of hydrogen-bond donors (Lipinski definition) is 1. The second-order valence-electron chi connectivity index (χ2n) is 6.68. The van der Waals surface area contributed by atoms with Crippen LogP contribution in [-0.2, 0) is 19.5 Å². The summed E-state index contributed by atoms with van der Waals surface area (Å²) < 4.78 is 15.2. The van der Waals surface area contributed by atoms with Gasteiger partial charge in [0.1, 0.15) is 5.82 Å². The lowest BCUT2D eigenvalue weighted by molar-refractivity contribution is 0.255. The summed E-state index contributed by atoms with van der Waals surface area (Å²) in [6.45, 7) is 6.56. The lowest BCUT2D eigenvalue weighted by atomic mass is 10.1. The van der Waals surface area contributed by atoms with E-state index in [9.17, 15) is 4.39 Å². The fourth-order valence-electron chi connectivity index (χ4n) is 3.27. The minimum absolute atomic E-state index is 0.104. The van der Waals surface area contributed by atoms with Crippen LogP contribution in [0.15, 0.2) is 24.3 Å². The minimum atomic E-state index is -0.164. The van der Waals surface area contributed by atoms with E-state index in [4.69, 9.17) is 5.11 Å². The molecule has 2 aromatic rings. The van der Waals surface area contributed by atoms with Crippen molar-refractivity contribution >= 4 is 0 Å². The predicted molar refractivity (Wildman–Crippen MR) is 92.3 cm³/mol. The van der Waals surface area contributed by atoms with Crippen LogP contribution in [0.1, 0.15) is 35.4 Å². The van der Waals surface area contributed by atoms with E-state index in [1.54, 1.807) is 12.1 Å². The van der Waals surface area contributed by atoms with E-state index in [-0.39, 0.29) is 12.4 Å². The van der Waals surface area contributed by atoms with Gasteiger partial charge in [-0.25, -0.2) is 4.39 Å². The normalized spacial score (nSPS) is 14.5. The van der Waals surface area contributed by atoms with Gasteiger partial charge in [-0.2, -0.15) is 5.10 Å². The molecule has 0 radical (unpaired) electrons. The number of nitrogens with zero attached hydrogens (tertiary/aromatic N) is 3. The summed E-state index contributed by atoms with van der Waals surface area (Å²) in [6, 6.07) is 7.52. The third-order valence-electron chi connectivity index (χ3n) is 4.84. The SMILES string of the molecule is Cc1nn(CCO)c(C)c1CN(CCc1cccc(F)c1)C1CC1. The molecule has 1 aromatic heterocycles. The van der Waals surface area contributed by atoms with Crippen LogP contribution in [0.5, 0.6) is 0 Å². The third-order valence-corrected chi connectivity index (χ3v) is 4.84. The van der Waals surface area contributed by atoms with E-state index in [1.165, 1.54) is 24.5 Å². The van der Waals surface area contributed by atoms with Gasteiger partial charge in [-0.15, -0.1) is 0 Å². The van der Waals surface area contributed by atoms with Crippen LogP contribution >= 0.6 is 0 Å². The Morgan fingerprint density at radius 2 is 2.12 bits per heavy atom. The Labute approximate surface area is 142 Å². The van der Waals surface area contributed by atoms with Gasteiger partial charge < -0.3 is 5.11 Å². The molecular weight excluding hydrogens is 305 g/mol. The van der Waals surface area contributed by atoms with Crippen LogP contribution in [0.3, 0.4) is 0 Å². The maximum Gasteiger partial charge on any atom is 0.123 e. The standard InChI is InChI=1S/C19H26FN3O/c1-14-19(15(2)23(21-14)10-11-24)13-22(18-6-7-18)9-8-16-4-3-5-17(20)12-16/h3-5,12,18,24H,6-11,13H2,1-2H3. The van der Waals surface area contributed by atoms with Gasteiger partial charge >= 0.3 is 0 Å². The Balaban J connectivity index is 1.68. The number of aryl methyl sites for hydroxylation is 1. The molecule has 24 heavy (non-hydrogen) atoms. The molecule has 4 nitrogen and oxygen atoms in total. The summed E-state index contributed by atoms with van der Waals surface area (Å²) in [6.07, 6.45) is 3.34. The molecule has 0 atom stereocenters. The summed E-state index contributed by atoms with van der Waals surface area (Å²) in [7, 11) is 0. The van der Waals surface area contributed by atoms with Crippen molar-refractivity contribution in [1.29, 1.82) is 0 Å². The Kier molecular flexibility index (Phi) is 5.31. The molecule has 0 unspecified atom stereocenters. The van der Waals surface area contributed by atoms with E-state index in [1.807, 2.05) is 17.7 Å². The molecule has 0 saturated heterocycles. The molecule has 1 heterocycles. The Bertz CT molecular complexity index is 694. The van der Waals surface area contributed by atoms with E-state index < -0.39 is 0 Å². The van der Waals surface area contributed by atoms with Gasteiger partial charge in [0.15, 0.2) is 0 Å². The van der Waals surface area contributed by atoms with Crippen molar-refractivity contribution in [2.45, 2.75) is 52.2 Å². The summed E-state index contributed by atoms with van der Waals surface area (Å²) in [4.78, 5) is 2.49. The third kappa shape index (κ3) is 4.02. The van der Waals surface area contributed by atoms with Crippen molar-refractivity contribution in [2.24, 2.45) is 0 Å². The number of aliphatic hydroxyl groups excluding tert-OH is 1. The van der Waals surface area contributed by atoms with Crippen molar-refractivity contribution < 1.29 is 9.50 Å². The fraction of sp³-hybridized carbons (Fsp3) is 0.526. The zero-order valence-electron chi connectivity index (χ0n) is 14.5. The topological polar surface area (TPSA) is 41.3 Å². The highest BCUT2D eigenvalue weighted by molar-refractivity contribution is 5.25. The van der Waals surface area contributed by atoms with Gasteiger partial charge in [0, 0.05) is 30.4 Å². The van der Waals surface area contributed by atoms with Crippen LogP contribution in [0.2, 0.25) is 0 Å². The first-order chi connectivity index (χ1) is 11.6. The number of halogens is 1. The molecule has 1 N–H and O–H groups in total. The number of rotatable bonds is 8. The van der Waals surface area contributed by atoms with Gasteiger partial charge in [0.25, 0.3) is 0 Å². The minimum Gasteiger partial charge on any atom is -0.394 e. The Hall–Kier alpha value is -1.72. The average molecular weight is 331 g/mol. The molecular formula is C19H26FN3O.